The van der Waals surface area contributed by atoms with Crippen LogP contribution < -0.4 is 10.2 Å². The predicted octanol–water partition coefficient (Wildman–Crippen LogP) is 3.70. The van der Waals surface area contributed by atoms with Crippen molar-refractivity contribution >= 4 is 46.0 Å². The van der Waals surface area contributed by atoms with E-state index in [2.05, 4.69) is 25.1 Å². The van der Waals surface area contributed by atoms with Crippen molar-refractivity contribution in [1.82, 2.24) is 20.2 Å². The molecule has 31 heavy (non-hydrogen) atoms. The lowest BCUT2D eigenvalue weighted by Gasteiger charge is -2.34. The lowest BCUT2D eigenvalue weighted by atomic mass is 10.1. The third kappa shape index (κ3) is 5.87. The van der Waals surface area contributed by atoms with Crippen LogP contribution in [-0.4, -0.2) is 65.8 Å². The largest absolute Gasteiger partial charge is 0.355 e. The second kappa shape index (κ2) is 10.8. The van der Waals surface area contributed by atoms with Crippen molar-refractivity contribution in [2.75, 3.05) is 49.9 Å². The molecule has 3 aromatic rings. The number of halogens is 1. The Morgan fingerprint density at radius 1 is 1.03 bits per heavy atom. The van der Waals surface area contributed by atoms with Crippen LogP contribution in [0.1, 0.15) is 6.42 Å². The highest BCUT2D eigenvalue weighted by atomic mass is 35.5. The molecule has 0 spiro atoms. The molecule has 6 nitrogen and oxygen atoms in total. The monoisotopic (exact) mass is 455 g/mol. The van der Waals surface area contributed by atoms with E-state index in [0.29, 0.717) is 12.3 Å². The number of hydrogen-bond donors (Lipinski definition) is 1. The first-order valence-corrected chi connectivity index (χ1v) is 11.9. The number of carbonyl (C=O) groups excluding carboxylic acids is 1. The number of aromatic nitrogens is 2. The number of fused-ring (bicyclic) bond motifs is 1. The van der Waals surface area contributed by atoms with Crippen molar-refractivity contribution < 1.29 is 4.79 Å². The Morgan fingerprint density at radius 3 is 2.55 bits per heavy atom. The fourth-order valence-electron chi connectivity index (χ4n) is 3.73. The van der Waals surface area contributed by atoms with Crippen LogP contribution in [0, 0.1) is 0 Å². The van der Waals surface area contributed by atoms with Crippen LogP contribution in [-0.2, 0) is 4.79 Å². The second-order valence-corrected chi connectivity index (χ2v) is 8.89. The minimum Gasteiger partial charge on any atom is -0.355 e. The van der Waals surface area contributed by atoms with E-state index >= 15 is 0 Å². The maximum atomic E-state index is 12.3. The quantitative estimate of drug-likeness (QED) is 0.412. The van der Waals surface area contributed by atoms with Gasteiger partial charge in [-0.05, 0) is 36.6 Å². The maximum Gasteiger partial charge on any atom is 0.230 e. The van der Waals surface area contributed by atoms with E-state index < -0.39 is 0 Å². The zero-order valence-corrected chi connectivity index (χ0v) is 18.9. The maximum absolute atomic E-state index is 12.3. The van der Waals surface area contributed by atoms with E-state index in [1.807, 2.05) is 42.5 Å². The standard InChI is InChI=1S/C23H26ClN5OS/c24-19-7-1-5-18-6-2-8-20(22(18)19)31-17-21(30)25-11-4-12-28-13-15-29(16-14-28)23-26-9-3-10-27-23/h1-3,5-10H,4,11-17H2,(H,25,30). The van der Waals surface area contributed by atoms with Gasteiger partial charge in [-0.2, -0.15) is 0 Å². The summed E-state index contributed by atoms with van der Waals surface area (Å²) in [4.78, 5) is 26.6. The number of carbonyl (C=O) groups is 1. The molecule has 162 valence electrons. The SMILES string of the molecule is O=C(CSc1cccc2cccc(Cl)c12)NCCCN1CCN(c2ncccn2)CC1. The average molecular weight is 456 g/mol. The van der Waals surface area contributed by atoms with Crippen LogP contribution in [0.3, 0.4) is 0 Å². The second-order valence-electron chi connectivity index (χ2n) is 7.46. The lowest BCUT2D eigenvalue weighted by molar-refractivity contribution is -0.118. The molecule has 2 heterocycles. The Morgan fingerprint density at radius 2 is 1.77 bits per heavy atom. The van der Waals surface area contributed by atoms with E-state index in [9.17, 15) is 4.79 Å². The van der Waals surface area contributed by atoms with Crippen LogP contribution in [0.4, 0.5) is 5.95 Å². The highest BCUT2D eigenvalue weighted by Crippen LogP contribution is 2.33. The van der Waals surface area contributed by atoms with Gasteiger partial charge in [0, 0.05) is 60.4 Å². The Bertz CT molecular complexity index is 1010. The molecular weight excluding hydrogens is 430 g/mol. The van der Waals surface area contributed by atoms with Gasteiger partial charge in [-0.25, -0.2) is 9.97 Å². The Labute approximate surface area is 192 Å². The zero-order chi connectivity index (χ0) is 21.5. The van der Waals surface area contributed by atoms with Gasteiger partial charge in [0.15, 0.2) is 0 Å². The number of piperazine rings is 1. The van der Waals surface area contributed by atoms with Gasteiger partial charge in [-0.3, -0.25) is 9.69 Å². The minimum atomic E-state index is 0.0557. The predicted molar refractivity (Wildman–Crippen MR) is 128 cm³/mol. The molecule has 2 aromatic carbocycles. The van der Waals surface area contributed by atoms with Gasteiger partial charge in [-0.1, -0.05) is 35.9 Å². The van der Waals surface area contributed by atoms with Crippen molar-refractivity contribution in [3.63, 3.8) is 0 Å². The van der Waals surface area contributed by atoms with Crippen LogP contribution >= 0.6 is 23.4 Å². The summed E-state index contributed by atoms with van der Waals surface area (Å²) in [6.07, 6.45) is 4.51. The molecule has 1 saturated heterocycles. The molecule has 1 aliphatic rings. The number of amides is 1. The molecule has 0 atom stereocenters. The highest BCUT2D eigenvalue weighted by Gasteiger charge is 2.18. The molecule has 0 saturated carbocycles. The number of rotatable bonds is 8. The van der Waals surface area contributed by atoms with Crippen molar-refractivity contribution in [1.29, 1.82) is 0 Å². The normalized spacial score (nSPS) is 14.7. The number of hydrogen-bond acceptors (Lipinski definition) is 6. The van der Waals surface area contributed by atoms with Gasteiger partial charge in [0.05, 0.1) is 5.75 Å². The first-order chi connectivity index (χ1) is 15.2. The van der Waals surface area contributed by atoms with Gasteiger partial charge in [0.1, 0.15) is 0 Å². The third-order valence-corrected chi connectivity index (χ3v) is 6.73. The summed E-state index contributed by atoms with van der Waals surface area (Å²) in [6.45, 7) is 5.52. The van der Waals surface area contributed by atoms with Crippen molar-refractivity contribution in [2.24, 2.45) is 0 Å². The van der Waals surface area contributed by atoms with Crippen molar-refractivity contribution in [3.8, 4) is 0 Å². The van der Waals surface area contributed by atoms with E-state index in [4.69, 9.17) is 11.6 Å². The molecule has 1 aliphatic heterocycles. The molecular formula is C23H26ClN5OS. The molecule has 0 bridgehead atoms. The fourth-order valence-corrected chi connectivity index (χ4v) is 5.01. The van der Waals surface area contributed by atoms with Gasteiger partial charge >= 0.3 is 0 Å². The average Bonchev–Trinajstić information content (AvgIpc) is 2.81. The molecule has 0 radical (unpaired) electrons. The Hall–Kier alpha value is -2.35. The summed E-state index contributed by atoms with van der Waals surface area (Å²) in [5, 5.41) is 5.87. The Balaban J connectivity index is 1.15. The molecule has 0 aliphatic carbocycles. The van der Waals surface area contributed by atoms with Crippen LogP contribution in [0.25, 0.3) is 10.8 Å². The van der Waals surface area contributed by atoms with E-state index in [0.717, 1.165) is 65.8 Å². The first kappa shape index (κ1) is 21.9. The topological polar surface area (TPSA) is 61.4 Å². The molecule has 1 N–H and O–H groups in total. The molecule has 4 rings (SSSR count). The first-order valence-electron chi connectivity index (χ1n) is 10.5. The fraction of sp³-hybridized carbons (Fsp3) is 0.348. The summed E-state index contributed by atoms with van der Waals surface area (Å²) in [5.41, 5.74) is 0. The summed E-state index contributed by atoms with van der Waals surface area (Å²) in [6, 6.07) is 13.8. The van der Waals surface area contributed by atoms with E-state index in [1.54, 1.807) is 12.4 Å². The summed E-state index contributed by atoms with van der Waals surface area (Å²) in [7, 11) is 0. The van der Waals surface area contributed by atoms with Crippen molar-refractivity contribution in [3.05, 3.63) is 59.9 Å². The third-order valence-electron chi connectivity index (χ3n) is 5.35. The number of nitrogens with zero attached hydrogens (tertiary/aromatic N) is 4. The summed E-state index contributed by atoms with van der Waals surface area (Å²) in [5.74, 6) is 1.25. The van der Waals surface area contributed by atoms with E-state index in [-0.39, 0.29) is 5.91 Å². The number of thioether (sulfide) groups is 1. The highest BCUT2D eigenvalue weighted by molar-refractivity contribution is 8.00. The zero-order valence-electron chi connectivity index (χ0n) is 17.3. The van der Waals surface area contributed by atoms with Gasteiger partial charge < -0.3 is 10.2 Å². The Kier molecular flexibility index (Phi) is 7.61. The number of benzene rings is 2. The van der Waals surface area contributed by atoms with Crippen LogP contribution in [0.2, 0.25) is 5.02 Å². The molecule has 1 fully saturated rings. The lowest BCUT2D eigenvalue weighted by Crippen LogP contribution is -2.47. The van der Waals surface area contributed by atoms with Gasteiger partial charge in [0.2, 0.25) is 11.9 Å². The number of nitrogens with one attached hydrogen (secondary N) is 1. The van der Waals surface area contributed by atoms with Crippen LogP contribution in [0.5, 0.6) is 0 Å². The number of anilines is 1. The smallest absolute Gasteiger partial charge is 0.230 e. The summed E-state index contributed by atoms with van der Waals surface area (Å²) < 4.78 is 0. The molecule has 1 amide bonds. The minimum absolute atomic E-state index is 0.0557. The van der Waals surface area contributed by atoms with Gasteiger partial charge in [0.25, 0.3) is 0 Å². The molecule has 0 unspecified atom stereocenters. The van der Waals surface area contributed by atoms with Gasteiger partial charge in [-0.15, -0.1) is 11.8 Å². The molecule has 8 heteroatoms. The van der Waals surface area contributed by atoms with E-state index in [1.165, 1.54) is 11.8 Å². The van der Waals surface area contributed by atoms with Crippen molar-refractivity contribution in [2.45, 2.75) is 11.3 Å². The molecule has 1 aromatic heterocycles. The van der Waals surface area contributed by atoms with Crippen LogP contribution in [0.15, 0.2) is 59.8 Å². The summed E-state index contributed by atoms with van der Waals surface area (Å²) >= 11 is 7.90.